The highest BCUT2D eigenvalue weighted by Gasteiger charge is 2.52. The number of hydrogen-bond donors (Lipinski definition) is 1. The molecule has 1 rings (SSSR count). The fourth-order valence-corrected chi connectivity index (χ4v) is 2.64. The Morgan fingerprint density at radius 3 is 1.92 bits per heavy atom. The molecule has 0 aromatic heterocycles. The highest BCUT2D eigenvalue weighted by atomic mass is 35.5. The van der Waals surface area contributed by atoms with Gasteiger partial charge in [-0.3, -0.25) is 10.1 Å². The zero-order valence-corrected chi connectivity index (χ0v) is 9.62. The van der Waals surface area contributed by atoms with Crippen molar-refractivity contribution in [2.45, 2.75) is 19.4 Å². The molecule has 0 bridgehead atoms. The molecule has 0 aromatic rings. The predicted molar refractivity (Wildman–Crippen MR) is 48.7 cm³/mol. The molecule has 76 valence electrons. The van der Waals surface area contributed by atoms with Crippen molar-refractivity contribution in [2.75, 3.05) is 12.5 Å². The molecule has 0 radical (unpaired) electrons. The average Bonchev–Trinajstić information content (AvgIpc) is 2.02. The molecule has 1 heterocycles. The van der Waals surface area contributed by atoms with Gasteiger partial charge in [0.25, 0.3) is 5.91 Å². The van der Waals surface area contributed by atoms with E-state index in [1.807, 2.05) is 12.5 Å². The van der Waals surface area contributed by atoms with Crippen LogP contribution in [0.4, 0.5) is 4.79 Å². The summed E-state index contributed by atoms with van der Waals surface area (Å²) in [5, 5.41) is 2.29. The maximum Gasteiger partial charge on any atom is 0.366 e. The standard InChI is InChI=1S/C7H12N2O2S.ClH/c1-7(2)5(10)8-6(11)9(7)12(3)4;/h1-4H3;1H. The second kappa shape index (κ2) is 3.75. The van der Waals surface area contributed by atoms with E-state index in [0.717, 1.165) is 0 Å². The van der Waals surface area contributed by atoms with Crippen LogP contribution < -0.4 is 17.7 Å². The van der Waals surface area contributed by atoms with Crippen LogP contribution in [-0.2, 0) is 15.9 Å². The van der Waals surface area contributed by atoms with Crippen LogP contribution >= 0.6 is 0 Å². The first-order valence-electron chi connectivity index (χ1n) is 3.60. The topological polar surface area (TPSA) is 49.4 Å². The van der Waals surface area contributed by atoms with E-state index in [9.17, 15) is 9.59 Å². The lowest BCUT2D eigenvalue weighted by molar-refractivity contribution is -0.123. The van der Waals surface area contributed by atoms with Crippen LogP contribution in [0.2, 0.25) is 0 Å². The van der Waals surface area contributed by atoms with Gasteiger partial charge in [0.15, 0.2) is 5.54 Å². The lowest BCUT2D eigenvalue weighted by Crippen LogP contribution is -3.00. The number of carbonyl (C=O) groups excluding carboxylic acids is 2. The number of urea groups is 1. The molecule has 1 saturated heterocycles. The lowest BCUT2D eigenvalue weighted by Gasteiger charge is -2.22. The Balaban J connectivity index is 0.00000144. The third-order valence-corrected chi connectivity index (χ3v) is 3.19. The lowest BCUT2D eigenvalue weighted by atomic mass is 10.1. The SMILES string of the molecule is C[S+](C)N1C(=O)NC(=O)C1(C)C.[Cl-]. The molecule has 4 nitrogen and oxygen atoms in total. The van der Waals surface area contributed by atoms with E-state index in [2.05, 4.69) is 5.32 Å². The van der Waals surface area contributed by atoms with Crippen molar-refractivity contribution < 1.29 is 22.0 Å². The molecule has 1 aliphatic rings. The number of nitrogens with zero attached hydrogens (tertiary/aromatic N) is 1. The van der Waals surface area contributed by atoms with Crippen LogP contribution in [0.5, 0.6) is 0 Å². The monoisotopic (exact) mass is 224 g/mol. The Hall–Kier alpha value is -0.420. The predicted octanol–water partition coefficient (Wildman–Crippen LogP) is -2.89. The van der Waals surface area contributed by atoms with E-state index in [1.54, 1.807) is 18.2 Å². The number of carbonyl (C=O) groups is 2. The smallest absolute Gasteiger partial charge is 0.366 e. The van der Waals surface area contributed by atoms with Crippen molar-refractivity contribution in [3.63, 3.8) is 0 Å². The van der Waals surface area contributed by atoms with E-state index in [4.69, 9.17) is 0 Å². The van der Waals surface area contributed by atoms with Crippen molar-refractivity contribution in [1.82, 2.24) is 9.62 Å². The number of amides is 3. The molecule has 1 N–H and O–H groups in total. The summed E-state index contributed by atoms with van der Waals surface area (Å²) < 4.78 is 1.58. The normalized spacial score (nSPS) is 20.2. The Bertz CT molecular complexity index is 243. The van der Waals surface area contributed by atoms with Gasteiger partial charge in [-0.05, 0) is 13.8 Å². The van der Waals surface area contributed by atoms with Crippen LogP contribution in [0.1, 0.15) is 13.8 Å². The molecular weight excluding hydrogens is 212 g/mol. The molecule has 1 fully saturated rings. The minimum atomic E-state index is -0.691. The van der Waals surface area contributed by atoms with Gasteiger partial charge in [0.1, 0.15) is 23.6 Å². The van der Waals surface area contributed by atoms with Crippen LogP contribution in [-0.4, -0.2) is 34.3 Å². The van der Waals surface area contributed by atoms with Gasteiger partial charge in [-0.15, -0.1) is 4.31 Å². The van der Waals surface area contributed by atoms with Crippen LogP contribution in [0.3, 0.4) is 0 Å². The van der Waals surface area contributed by atoms with Crippen molar-refractivity contribution in [3.05, 3.63) is 0 Å². The molecule has 0 aromatic carbocycles. The first kappa shape index (κ1) is 12.6. The van der Waals surface area contributed by atoms with Crippen molar-refractivity contribution in [2.24, 2.45) is 0 Å². The van der Waals surface area contributed by atoms with Crippen molar-refractivity contribution >= 4 is 23.0 Å². The van der Waals surface area contributed by atoms with Gasteiger partial charge in [0.05, 0.1) is 0 Å². The minimum Gasteiger partial charge on any atom is -1.00 e. The van der Waals surface area contributed by atoms with E-state index < -0.39 is 5.54 Å². The maximum atomic E-state index is 11.3. The second-order valence-electron chi connectivity index (χ2n) is 3.39. The second-order valence-corrected chi connectivity index (χ2v) is 5.30. The number of halogens is 1. The van der Waals surface area contributed by atoms with E-state index in [-0.39, 0.29) is 35.4 Å². The van der Waals surface area contributed by atoms with Gasteiger partial charge in [0.2, 0.25) is 0 Å². The van der Waals surface area contributed by atoms with Gasteiger partial charge in [-0.2, -0.15) is 0 Å². The first-order valence-corrected chi connectivity index (χ1v) is 5.60. The summed E-state index contributed by atoms with van der Waals surface area (Å²) in [5.41, 5.74) is -0.691. The molecule has 3 amide bonds. The van der Waals surface area contributed by atoms with Gasteiger partial charge < -0.3 is 12.4 Å². The molecule has 0 atom stereocenters. The minimum absolute atomic E-state index is 0. The van der Waals surface area contributed by atoms with Crippen molar-refractivity contribution in [1.29, 1.82) is 0 Å². The van der Waals surface area contributed by atoms with Crippen molar-refractivity contribution in [3.8, 4) is 0 Å². The zero-order chi connectivity index (χ0) is 9.52. The largest absolute Gasteiger partial charge is 1.00 e. The summed E-state index contributed by atoms with van der Waals surface area (Å²) in [5.74, 6) is -0.214. The quantitative estimate of drug-likeness (QED) is 0.384. The first-order chi connectivity index (χ1) is 5.37. The summed E-state index contributed by atoms with van der Waals surface area (Å²) in [7, 11) is 0. The highest BCUT2D eigenvalue weighted by Crippen LogP contribution is 2.23. The van der Waals surface area contributed by atoms with Crippen LogP contribution in [0, 0.1) is 0 Å². The molecule has 0 saturated carbocycles. The van der Waals surface area contributed by atoms with Gasteiger partial charge >= 0.3 is 6.03 Å². The number of nitrogens with one attached hydrogen (secondary N) is 1. The van der Waals surface area contributed by atoms with Crippen LogP contribution in [0.15, 0.2) is 0 Å². The Morgan fingerprint density at radius 1 is 1.31 bits per heavy atom. The van der Waals surface area contributed by atoms with E-state index in [0.29, 0.717) is 0 Å². The number of imide groups is 1. The third kappa shape index (κ3) is 1.91. The molecule has 0 spiro atoms. The average molecular weight is 225 g/mol. The summed E-state index contributed by atoms with van der Waals surface area (Å²) in [6.07, 6.45) is 3.83. The summed E-state index contributed by atoms with van der Waals surface area (Å²) in [4.78, 5) is 22.5. The zero-order valence-electron chi connectivity index (χ0n) is 8.05. The fraction of sp³-hybridized carbons (Fsp3) is 0.714. The Labute approximate surface area is 86.9 Å². The Kier molecular flexibility index (Phi) is 3.63. The summed E-state index contributed by atoms with van der Waals surface area (Å²) in [6.45, 7) is 3.50. The highest BCUT2D eigenvalue weighted by molar-refractivity contribution is 7.93. The Morgan fingerprint density at radius 2 is 1.77 bits per heavy atom. The van der Waals surface area contributed by atoms with E-state index in [1.165, 1.54) is 0 Å². The third-order valence-electron chi connectivity index (χ3n) is 1.83. The summed E-state index contributed by atoms with van der Waals surface area (Å²) >= 11 is -0.211. The van der Waals surface area contributed by atoms with Gasteiger partial charge in [0, 0.05) is 0 Å². The molecule has 1 aliphatic heterocycles. The molecule has 0 unspecified atom stereocenters. The fourth-order valence-electron chi connectivity index (χ4n) is 1.27. The number of hydrogen-bond acceptors (Lipinski definition) is 2. The number of rotatable bonds is 1. The maximum absolute atomic E-state index is 11.3. The molecular formula is C7H13ClN2O2S. The molecule has 6 heteroatoms. The molecule has 13 heavy (non-hydrogen) atoms. The van der Waals surface area contributed by atoms with Gasteiger partial charge in [-0.1, -0.05) is 0 Å². The van der Waals surface area contributed by atoms with Crippen LogP contribution in [0.25, 0.3) is 0 Å². The molecule has 0 aliphatic carbocycles. The summed E-state index contributed by atoms with van der Waals surface area (Å²) in [6, 6.07) is -0.279. The van der Waals surface area contributed by atoms with Gasteiger partial charge in [-0.25, -0.2) is 4.79 Å². The van der Waals surface area contributed by atoms with E-state index >= 15 is 0 Å².